The molecule has 0 N–H and O–H groups in total. The molecule has 0 spiro atoms. The second kappa shape index (κ2) is 5.87. The van der Waals surface area contributed by atoms with Gasteiger partial charge in [-0.2, -0.15) is 5.10 Å². The Morgan fingerprint density at radius 2 is 1.39 bits per heavy atom. The van der Waals surface area contributed by atoms with Gasteiger partial charge in [-0.1, -0.05) is 24.3 Å². The minimum atomic E-state index is -2.02. The lowest BCUT2D eigenvalue weighted by Crippen LogP contribution is -2.32. The molecular formula is C17H14F3N3. The largest absolute Gasteiger partial charge is 0.246 e. The molecule has 0 aliphatic heterocycles. The summed E-state index contributed by atoms with van der Waals surface area (Å²) in [5.41, 5.74) is -1.50. The van der Waals surface area contributed by atoms with Crippen molar-refractivity contribution < 1.29 is 13.2 Å². The summed E-state index contributed by atoms with van der Waals surface area (Å²) in [5, 5.41) is 3.99. The standard InChI is InChI=1S/C17H14F3N3/c1-12(23-11-21-10-22-23)17(20,13-2-6-15(18)7-3-13)14-4-8-16(19)9-5-14/h2-12H,1H3. The Labute approximate surface area is 131 Å². The first kappa shape index (κ1) is 15.3. The van der Waals surface area contributed by atoms with Crippen molar-refractivity contribution in [1.82, 2.24) is 14.8 Å². The molecule has 0 fully saturated rings. The molecule has 2 aromatic carbocycles. The van der Waals surface area contributed by atoms with Gasteiger partial charge in [0.15, 0.2) is 5.67 Å². The molecule has 0 bridgehead atoms. The summed E-state index contributed by atoms with van der Waals surface area (Å²) < 4.78 is 43.9. The summed E-state index contributed by atoms with van der Waals surface area (Å²) in [6.07, 6.45) is 2.72. The molecule has 1 unspecified atom stereocenters. The molecule has 0 amide bonds. The Morgan fingerprint density at radius 1 is 0.913 bits per heavy atom. The van der Waals surface area contributed by atoms with E-state index in [0.717, 1.165) is 0 Å². The van der Waals surface area contributed by atoms with E-state index in [0.29, 0.717) is 0 Å². The second-order valence-corrected chi connectivity index (χ2v) is 5.28. The van der Waals surface area contributed by atoms with E-state index < -0.39 is 23.3 Å². The van der Waals surface area contributed by atoms with Crippen LogP contribution in [0.2, 0.25) is 0 Å². The fourth-order valence-electron chi connectivity index (χ4n) is 2.63. The molecule has 23 heavy (non-hydrogen) atoms. The van der Waals surface area contributed by atoms with Gasteiger partial charge >= 0.3 is 0 Å². The van der Waals surface area contributed by atoms with E-state index >= 15 is 4.39 Å². The monoisotopic (exact) mass is 317 g/mol. The van der Waals surface area contributed by atoms with Crippen molar-refractivity contribution in [1.29, 1.82) is 0 Å². The third-order valence-electron chi connectivity index (χ3n) is 3.94. The Balaban J connectivity index is 2.16. The lowest BCUT2D eigenvalue weighted by atomic mass is 9.82. The van der Waals surface area contributed by atoms with Gasteiger partial charge in [-0.15, -0.1) is 0 Å². The van der Waals surface area contributed by atoms with Gasteiger partial charge in [-0.3, -0.25) is 0 Å². The molecule has 3 nitrogen and oxygen atoms in total. The smallest absolute Gasteiger partial charge is 0.183 e. The van der Waals surface area contributed by atoms with E-state index in [4.69, 9.17) is 0 Å². The fourth-order valence-corrected chi connectivity index (χ4v) is 2.63. The molecule has 0 saturated carbocycles. The number of halogens is 3. The maximum Gasteiger partial charge on any atom is 0.183 e. The van der Waals surface area contributed by atoms with Crippen LogP contribution in [0.15, 0.2) is 61.2 Å². The molecule has 0 saturated heterocycles. The Morgan fingerprint density at radius 3 is 1.78 bits per heavy atom. The van der Waals surface area contributed by atoms with Gasteiger partial charge in [0, 0.05) is 0 Å². The number of aromatic nitrogens is 3. The van der Waals surface area contributed by atoms with E-state index in [1.807, 2.05) is 0 Å². The number of alkyl halides is 1. The zero-order valence-electron chi connectivity index (χ0n) is 12.3. The van der Waals surface area contributed by atoms with Gasteiger partial charge in [0.05, 0.1) is 6.04 Å². The zero-order valence-corrected chi connectivity index (χ0v) is 12.3. The van der Waals surface area contributed by atoms with Gasteiger partial charge in [-0.25, -0.2) is 22.8 Å². The van der Waals surface area contributed by atoms with Crippen molar-refractivity contribution >= 4 is 0 Å². The minimum Gasteiger partial charge on any atom is -0.246 e. The molecular weight excluding hydrogens is 303 g/mol. The van der Waals surface area contributed by atoms with Crippen molar-refractivity contribution in [3.8, 4) is 0 Å². The van der Waals surface area contributed by atoms with Gasteiger partial charge in [0.1, 0.15) is 24.3 Å². The summed E-state index contributed by atoms with van der Waals surface area (Å²) in [7, 11) is 0. The third kappa shape index (κ3) is 2.72. The highest BCUT2D eigenvalue weighted by Gasteiger charge is 2.42. The summed E-state index contributed by atoms with van der Waals surface area (Å²) in [5.74, 6) is -0.910. The summed E-state index contributed by atoms with van der Waals surface area (Å²) in [4.78, 5) is 3.84. The van der Waals surface area contributed by atoms with Gasteiger partial charge < -0.3 is 0 Å². The number of rotatable bonds is 4. The average Bonchev–Trinajstić information content (AvgIpc) is 3.09. The first-order valence-electron chi connectivity index (χ1n) is 7.07. The van der Waals surface area contributed by atoms with Crippen LogP contribution >= 0.6 is 0 Å². The number of benzene rings is 2. The van der Waals surface area contributed by atoms with Gasteiger partial charge in [-0.05, 0) is 42.3 Å². The predicted molar refractivity (Wildman–Crippen MR) is 79.4 cm³/mol. The third-order valence-corrected chi connectivity index (χ3v) is 3.94. The van der Waals surface area contributed by atoms with Gasteiger partial charge in [0.2, 0.25) is 0 Å². The highest BCUT2D eigenvalue weighted by atomic mass is 19.1. The number of hydrogen-bond donors (Lipinski definition) is 0. The van der Waals surface area contributed by atoms with Crippen molar-refractivity contribution in [2.75, 3.05) is 0 Å². The summed E-state index contributed by atoms with van der Waals surface area (Å²) in [6, 6.07) is 9.54. The minimum absolute atomic E-state index is 0.258. The molecule has 6 heteroatoms. The highest BCUT2D eigenvalue weighted by molar-refractivity contribution is 5.38. The van der Waals surface area contributed by atoms with Gasteiger partial charge in [0.25, 0.3) is 0 Å². The number of hydrogen-bond acceptors (Lipinski definition) is 2. The van der Waals surface area contributed by atoms with E-state index in [1.165, 1.54) is 65.9 Å². The second-order valence-electron chi connectivity index (χ2n) is 5.28. The molecule has 1 atom stereocenters. The Bertz CT molecular complexity index is 722. The lowest BCUT2D eigenvalue weighted by Gasteiger charge is -2.32. The van der Waals surface area contributed by atoms with Crippen LogP contribution in [0, 0.1) is 11.6 Å². The molecule has 3 aromatic rings. The molecule has 0 radical (unpaired) electrons. The van der Waals surface area contributed by atoms with Crippen molar-refractivity contribution in [3.63, 3.8) is 0 Å². The van der Waals surface area contributed by atoms with Crippen molar-refractivity contribution in [2.24, 2.45) is 0 Å². The topological polar surface area (TPSA) is 30.7 Å². The van der Waals surface area contributed by atoms with E-state index in [1.54, 1.807) is 6.92 Å². The molecule has 0 aliphatic carbocycles. The van der Waals surface area contributed by atoms with Crippen LogP contribution in [-0.4, -0.2) is 14.8 Å². The quantitative estimate of drug-likeness (QED) is 0.727. The van der Waals surface area contributed by atoms with E-state index in [9.17, 15) is 8.78 Å². The summed E-state index contributed by atoms with van der Waals surface area (Å²) >= 11 is 0. The molecule has 1 aromatic heterocycles. The van der Waals surface area contributed by atoms with Crippen LogP contribution in [0.1, 0.15) is 24.1 Å². The van der Waals surface area contributed by atoms with Crippen LogP contribution in [0.5, 0.6) is 0 Å². The number of nitrogens with zero attached hydrogens (tertiary/aromatic N) is 3. The first-order valence-corrected chi connectivity index (χ1v) is 7.07. The van der Waals surface area contributed by atoms with Crippen LogP contribution in [0.25, 0.3) is 0 Å². The van der Waals surface area contributed by atoms with Crippen LogP contribution in [0.3, 0.4) is 0 Å². The molecule has 0 aliphatic rings. The summed E-state index contributed by atoms with van der Waals surface area (Å²) in [6.45, 7) is 1.64. The highest BCUT2D eigenvalue weighted by Crippen LogP contribution is 2.43. The maximum absolute atomic E-state index is 16.1. The zero-order chi connectivity index (χ0) is 16.4. The Kier molecular flexibility index (Phi) is 3.90. The average molecular weight is 317 g/mol. The van der Waals surface area contributed by atoms with E-state index in [-0.39, 0.29) is 11.1 Å². The van der Waals surface area contributed by atoms with Crippen molar-refractivity contribution in [3.05, 3.63) is 83.9 Å². The predicted octanol–water partition coefficient (Wildman–Crippen LogP) is 4.03. The van der Waals surface area contributed by atoms with Crippen molar-refractivity contribution in [2.45, 2.75) is 18.6 Å². The lowest BCUT2D eigenvalue weighted by molar-refractivity contribution is 0.133. The molecule has 3 rings (SSSR count). The SMILES string of the molecule is CC(n1cncn1)C(F)(c1ccc(F)cc1)c1ccc(F)cc1. The maximum atomic E-state index is 16.1. The van der Waals surface area contributed by atoms with Crippen LogP contribution in [-0.2, 0) is 5.67 Å². The normalized spacial score (nSPS) is 13.0. The van der Waals surface area contributed by atoms with Crippen LogP contribution < -0.4 is 0 Å². The van der Waals surface area contributed by atoms with Crippen LogP contribution in [0.4, 0.5) is 13.2 Å². The fraction of sp³-hybridized carbons (Fsp3) is 0.176. The molecule has 118 valence electrons. The molecule has 1 heterocycles. The first-order chi connectivity index (χ1) is 11.0. The van der Waals surface area contributed by atoms with E-state index in [2.05, 4.69) is 10.1 Å². The Hall–Kier alpha value is -2.63.